The first-order chi connectivity index (χ1) is 6.27. The summed E-state index contributed by atoms with van der Waals surface area (Å²) in [4.78, 5) is 0. The van der Waals surface area contributed by atoms with Crippen molar-refractivity contribution < 1.29 is 4.21 Å². The molecule has 3 heteroatoms. The third kappa shape index (κ3) is 3.39. The van der Waals surface area contributed by atoms with Crippen LogP contribution in [0, 0.1) is 0 Å². The topological polar surface area (TPSA) is 29.1 Å². The van der Waals surface area contributed by atoms with E-state index in [9.17, 15) is 4.21 Å². The summed E-state index contributed by atoms with van der Waals surface area (Å²) in [6.07, 6.45) is 4.80. The average molecular weight is 203 g/mol. The van der Waals surface area contributed by atoms with Gasteiger partial charge in [0.2, 0.25) is 0 Å². The van der Waals surface area contributed by atoms with Gasteiger partial charge in [-0.1, -0.05) is 20.3 Å². The van der Waals surface area contributed by atoms with Crippen molar-refractivity contribution in [2.24, 2.45) is 0 Å². The highest BCUT2D eigenvalue weighted by molar-refractivity contribution is 7.85. The second-order valence-corrected chi connectivity index (χ2v) is 5.72. The molecule has 0 aromatic heterocycles. The Balaban J connectivity index is 2.37. The molecular weight excluding hydrogens is 182 g/mol. The molecule has 0 radical (unpaired) electrons. The maximum Gasteiger partial charge on any atom is 0.0362 e. The minimum absolute atomic E-state index is 0.461. The molecule has 0 aromatic carbocycles. The number of hydrogen-bond donors (Lipinski definition) is 1. The van der Waals surface area contributed by atoms with E-state index in [2.05, 4.69) is 12.2 Å². The Hall–Kier alpha value is 0.110. The van der Waals surface area contributed by atoms with Crippen LogP contribution in [0.15, 0.2) is 0 Å². The molecule has 3 atom stereocenters. The van der Waals surface area contributed by atoms with Crippen LogP contribution in [0.5, 0.6) is 0 Å². The van der Waals surface area contributed by atoms with Crippen LogP contribution in [0.3, 0.4) is 0 Å². The normalized spacial score (nSPS) is 31.5. The molecule has 2 nitrogen and oxygen atoms in total. The third-order valence-electron chi connectivity index (χ3n) is 2.78. The smallest absolute Gasteiger partial charge is 0.0362 e. The number of nitrogens with one attached hydrogen (secondary N) is 1. The maximum absolute atomic E-state index is 11.6. The molecule has 1 saturated carbocycles. The van der Waals surface area contributed by atoms with Crippen LogP contribution in [-0.4, -0.2) is 27.8 Å². The van der Waals surface area contributed by atoms with Crippen LogP contribution in [0.2, 0.25) is 0 Å². The van der Waals surface area contributed by atoms with E-state index in [1.165, 1.54) is 19.3 Å². The Morgan fingerprint density at radius 1 is 1.38 bits per heavy atom. The van der Waals surface area contributed by atoms with Crippen LogP contribution in [0.25, 0.3) is 0 Å². The van der Waals surface area contributed by atoms with Crippen LogP contribution in [-0.2, 0) is 10.8 Å². The molecule has 78 valence electrons. The van der Waals surface area contributed by atoms with Gasteiger partial charge in [0.1, 0.15) is 0 Å². The lowest BCUT2D eigenvalue weighted by Crippen LogP contribution is -2.37. The van der Waals surface area contributed by atoms with Gasteiger partial charge in [0.25, 0.3) is 0 Å². The second-order valence-electron chi connectivity index (χ2n) is 3.71. The van der Waals surface area contributed by atoms with Gasteiger partial charge in [-0.2, -0.15) is 0 Å². The fourth-order valence-corrected chi connectivity index (χ4v) is 3.44. The van der Waals surface area contributed by atoms with E-state index in [1.54, 1.807) is 0 Å². The Kier molecular flexibility index (Phi) is 4.96. The van der Waals surface area contributed by atoms with Crippen molar-refractivity contribution in [3.05, 3.63) is 0 Å². The Bertz CT molecular complexity index is 170. The van der Waals surface area contributed by atoms with Crippen LogP contribution in [0.4, 0.5) is 0 Å². The molecule has 1 rings (SSSR count). The quantitative estimate of drug-likeness (QED) is 0.753. The first kappa shape index (κ1) is 11.2. The van der Waals surface area contributed by atoms with Crippen molar-refractivity contribution in [3.8, 4) is 0 Å². The molecular formula is C10H21NOS. The zero-order valence-corrected chi connectivity index (χ0v) is 9.53. The van der Waals surface area contributed by atoms with E-state index in [-0.39, 0.29) is 0 Å². The molecule has 0 amide bonds. The third-order valence-corrected chi connectivity index (χ3v) is 4.52. The summed E-state index contributed by atoms with van der Waals surface area (Å²) in [7, 11) is -0.578. The van der Waals surface area contributed by atoms with Crippen molar-refractivity contribution in [2.75, 3.05) is 12.3 Å². The van der Waals surface area contributed by atoms with Gasteiger partial charge in [0.15, 0.2) is 0 Å². The highest BCUT2D eigenvalue weighted by Crippen LogP contribution is 2.22. The van der Waals surface area contributed by atoms with Crippen LogP contribution in [0.1, 0.15) is 39.5 Å². The zero-order valence-electron chi connectivity index (χ0n) is 8.71. The molecule has 1 fully saturated rings. The molecule has 0 aromatic rings. The van der Waals surface area contributed by atoms with Gasteiger partial charge >= 0.3 is 0 Å². The molecule has 0 heterocycles. The summed E-state index contributed by atoms with van der Waals surface area (Å²) in [5.41, 5.74) is 0. The summed E-state index contributed by atoms with van der Waals surface area (Å²) < 4.78 is 11.6. The van der Waals surface area contributed by atoms with Gasteiger partial charge in [0, 0.05) is 27.8 Å². The van der Waals surface area contributed by atoms with Crippen LogP contribution < -0.4 is 5.32 Å². The SMILES string of the molecule is CCNC1CCCC(S(=O)CC)C1. The number of hydrogen-bond acceptors (Lipinski definition) is 2. The Morgan fingerprint density at radius 2 is 2.15 bits per heavy atom. The summed E-state index contributed by atoms with van der Waals surface area (Å²) in [5, 5.41) is 3.92. The zero-order chi connectivity index (χ0) is 9.68. The monoisotopic (exact) mass is 203 g/mol. The van der Waals surface area contributed by atoms with E-state index >= 15 is 0 Å². The van der Waals surface area contributed by atoms with E-state index in [0.717, 1.165) is 18.7 Å². The van der Waals surface area contributed by atoms with E-state index in [4.69, 9.17) is 0 Å². The first-order valence-electron chi connectivity index (χ1n) is 5.38. The minimum atomic E-state index is -0.578. The summed E-state index contributed by atoms with van der Waals surface area (Å²) in [6, 6.07) is 0.624. The van der Waals surface area contributed by atoms with Gasteiger partial charge in [-0.25, -0.2) is 0 Å². The fraction of sp³-hybridized carbons (Fsp3) is 1.00. The summed E-state index contributed by atoms with van der Waals surface area (Å²) >= 11 is 0. The Labute approximate surface area is 83.9 Å². The molecule has 0 aliphatic heterocycles. The second kappa shape index (κ2) is 5.76. The van der Waals surface area contributed by atoms with E-state index < -0.39 is 10.8 Å². The van der Waals surface area contributed by atoms with E-state index in [1.807, 2.05) is 6.92 Å². The van der Waals surface area contributed by atoms with Gasteiger partial charge in [-0.05, 0) is 25.8 Å². The lowest BCUT2D eigenvalue weighted by molar-refractivity contribution is 0.383. The highest BCUT2D eigenvalue weighted by atomic mass is 32.2. The maximum atomic E-state index is 11.6. The lowest BCUT2D eigenvalue weighted by atomic mass is 9.95. The molecule has 3 unspecified atom stereocenters. The van der Waals surface area contributed by atoms with Crippen molar-refractivity contribution in [3.63, 3.8) is 0 Å². The van der Waals surface area contributed by atoms with Gasteiger partial charge < -0.3 is 5.32 Å². The Morgan fingerprint density at radius 3 is 2.77 bits per heavy atom. The predicted molar refractivity (Wildman–Crippen MR) is 58.4 cm³/mol. The average Bonchev–Trinajstić information content (AvgIpc) is 2.18. The fourth-order valence-electron chi connectivity index (χ4n) is 2.09. The summed E-state index contributed by atoms with van der Waals surface area (Å²) in [5.74, 6) is 0.823. The van der Waals surface area contributed by atoms with Gasteiger partial charge in [-0.15, -0.1) is 0 Å². The standard InChI is InChI=1S/C10H21NOS/c1-3-11-9-6-5-7-10(8-9)13(12)4-2/h9-11H,3-8H2,1-2H3. The largest absolute Gasteiger partial charge is 0.314 e. The van der Waals surface area contributed by atoms with Crippen molar-refractivity contribution in [1.29, 1.82) is 0 Å². The van der Waals surface area contributed by atoms with Crippen molar-refractivity contribution in [1.82, 2.24) is 5.32 Å². The number of rotatable bonds is 4. The molecule has 1 aliphatic carbocycles. The van der Waals surface area contributed by atoms with E-state index in [0.29, 0.717) is 11.3 Å². The van der Waals surface area contributed by atoms with Crippen molar-refractivity contribution in [2.45, 2.75) is 50.8 Å². The lowest BCUT2D eigenvalue weighted by Gasteiger charge is -2.28. The van der Waals surface area contributed by atoms with Gasteiger partial charge in [-0.3, -0.25) is 4.21 Å². The predicted octanol–water partition coefficient (Wildman–Crippen LogP) is 1.68. The molecule has 0 bridgehead atoms. The first-order valence-corrected chi connectivity index (χ1v) is 6.76. The molecule has 1 aliphatic rings. The molecule has 13 heavy (non-hydrogen) atoms. The van der Waals surface area contributed by atoms with Crippen LogP contribution >= 0.6 is 0 Å². The molecule has 0 saturated heterocycles. The highest BCUT2D eigenvalue weighted by Gasteiger charge is 2.24. The minimum Gasteiger partial charge on any atom is -0.314 e. The van der Waals surface area contributed by atoms with Gasteiger partial charge in [0.05, 0.1) is 0 Å². The van der Waals surface area contributed by atoms with Crippen molar-refractivity contribution >= 4 is 10.8 Å². The summed E-state index contributed by atoms with van der Waals surface area (Å²) in [6.45, 7) is 5.20. The molecule has 1 N–H and O–H groups in total. The molecule has 0 spiro atoms.